The summed E-state index contributed by atoms with van der Waals surface area (Å²) >= 11 is 12.6. The maximum atomic E-state index is 12.0. The fraction of sp³-hybridized carbons (Fsp3) is 0.316. The Bertz CT molecular complexity index is 1030. The van der Waals surface area contributed by atoms with E-state index in [0.29, 0.717) is 15.7 Å². The van der Waals surface area contributed by atoms with Crippen LogP contribution in [0.5, 0.6) is 0 Å². The van der Waals surface area contributed by atoms with Crippen LogP contribution in [0.25, 0.3) is 0 Å². The molecular formula is C19H22Cl3N3O4S. The molecule has 1 atom stereocenters. The Morgan fingerprint density at radius 3 is 2.70 bits per heavy atom. The van der Waals surface area contributed by atoms with Crippen molar-refractivity contribution in [3.05, 3.63) is 63.1 Å². The van der Waals surface area contributed by atoms with Crippen LogP contribution in [-0.2, 0) is 16.7 Å². The number of benzene rings is 2. The minimum absolute atomic E-state index is 0. The molecule has 0 fully saturated rings. The van der Waals surface area contributed by atoms with Crippen molar-refractivity contribution >= 4 is 57.4 Å². The van der Waals surface area contributed by atoms with Gasteiger partial charge in [0, 0.05) is 41.3 Å². The molecule has 0 aromatic heterocycles. The van der Waals surface area contributed by atoms with Crippen LogP contribution in [-0.4, -0.2) is 49.8 Å². The third-order valence-corrected chi connectivity index (χ3v) is 5.96. The Morgan fingerprint density at radius 1 is 1.27 bits per heavy atom. The number of fused-ring (bicyclic) bond motifs is 1. The summed E-state index contributed by atoms with van der Waals surface area (Å²) < 4.78 is 30.2. The molecule has 1 unspecified atom stereocenters. The van der Waals surface area contributed by atoms with Crippen LogP contribution in [0.2, 0.25) is 10.0 Å². The van der Waals surface area contributed by atoms with Crippen LogP contribution in [0.3, 0.4) is 0 Å². The third-order valence-electron chi connectivity index (χ3n) is 4.68. The number of anilines is 1. The van der Waals surface area contributed by atoms with Crippen molar-refractivity contribution in [2.75, 3.05) is 31.2 Å². The second kappa shape index (κ2) is 10.2. The molecule has 11 heteroatoms. The lowest BCUT2D eigenvalue weighted by molar-refractivity contribution is 0.252. The van der Waals surface area contributed by atoms with Crippen LogP contribution in [0.1, 0.15) is 22.6 Å². The molecule has 1 aliphatic rings. The molecule has 2 amide bonds. The number of rotatable bonds is 5. The van der Waals surface area contributed by atoms with E-state index in [1.807, 2.05) is 31.3 Å². The quantitative estimate of drug-likeness (QED) is 0.546. The summed E-state index contributed by atoms with van der Waals surface area (Å²) in [5.74, 6) is -0.517. The van der Waals surface area contributed by atoms with E-state index in [4.69, 9.17) is 27.8 Å². The summed E-state index contributed by atoms with van der Waals surface area (Å²) in [6.45, 7) is 1.31. The largest absolute Gasteiger partial charge is 0.337 e. The Kier molecular flexibility index (Phi) is 8.38. The van der Waals surface area contributed by atoms with Crippen molar-refractivity contribution in [2.24, 2.45) is 0 Å². The molecule has 0 saturated heterocycles. The van der Waals surface area contributed by atoms with Gasteiger partial charge in [-0.25, -0.2) is 4.79 Å². The van der Waals surface area contributed by atoms with Gasteiger partial charge in [0.2, 0.25) is 0 Å². The van der Waals surface area contributed by atoms with Gasteiger partial charge in [-0.3, -0.25) is 4.55 Å². The van der Waals surface area contributed by atoms with Crippen LogP contribution >= 0.6 is 35.6 Å². The van der Waals surface area contributed by atoms with Crippen molar-refractivity contribution in [2.45, 2.75) is 12.5 Å². The molecule has 164 valence electrons. The first-order valence-electron chi connectivity index (χ1n) is 8.89. The molecule has 3 rings (SSSR count). The van der Waals surface area contributed by atoms with E-state index in [1.54, 1.807) is 12.1 Å². The smallest absolute Gasteiger partial charge is 0.319 e. The average Bonchev–Trinajstić information content (AvgIpc) is 2.61. The number of hydrogen-bond acceptors (Lipinski definition) is 4. The lowest BCUT2D eigenvalue weighted by atomic mass is 9.84. The molecule has 2 aromatic rings. The number of halogens is 3. The monoisotopic (exact) mass is 493 g/mol. The van der Waals surface area contributed by atoms with Crippen molar-refractivity contribution in [3.63, 3.8) is 0 Å². The summed E-state index contributed by atoms with van der Waals surface area (Å²) in [7, 11) is -2.10. The van der Waals surface area contributed by atoms with Gasteiger partial charge in [-0.15, -0.1) is 12.4 Å². The van der Waals surface area contributed by atoms with E-state index < -0.39 is 21.9 Å². The predicted octanol–water partition coefficient (Wildman–Crippen LogP) is 4.00. The van der Waals surface area contributed by atoms with Gasteiger partial charge < -0.3 is 15.5 Å². The highest BCUT2D eigenvalue weighted by atomic mass is 35.5. The molecule has 1 heterocycles. The number of hydrogen-bond donors (Lipinski definition) is 3. The average molecular weight is 495 g/mol. The van der Waals surface area contributed by atoms with Gasteiger partial charge in [0.05, 0.1) is 5.75 Å². The Balaban J connectivity index is 0.00000320. The zero-order valence-corrected chi connectivity index (χ0v) is 19.2. The van der Waals surface area contributed by atoms with E-state index in [1.165, 1.54) is 0 Å². The van der Waals surface area contributed by atoms with Crippen molar-refractivity contribution < 1.29 is 17.8 Å². The van der Waals surface area contributed by atoms with Gasteiger partial charge in [-0.2, -0.15) is 8.42 Å². The zero-order valence-electron chi connectivity index (χ0n) is 16.1. The number of likely N-dealkylation sites (N-methyl/N-ethyl adjacent to an activating group) is 1. The first-order valence-corrected chi connectivity index (χ1v) is 11.3. The minimum Gasteiger partial charge on any atom is -0.337 e. The van der Waals surface area contributed by atoms with Crippen LogP contribution in [0.4, 0.5) is 10.5 Å². The van der Waals surface area contributed by atoms with Gasteiger partial charge in [-0.05, 0) is 48.0 Å². The Morgan fingerprint density at radius 2 is 2.00 bits per heavy atom. The zero-order chi connectivity index (χ0) is 21.2. The van der Waals surface area contributed by atoms with Crippen molar-refractivity contribution in [1.29, 1.82) is 0 Å². The van der Waals surface area contributed by atoms with E-state index in [2.05, 4.69) is 15.5 Å². The normalized spacial score (nSPS) is 16.3. The Labute approximate surface area is 191 Å². The molecule has 2 aromatic carbocycles. The van der Waals surface area contributed by atoms with Crippen LogP contribution in [0.15, 0.2) is 36.4 Å². The highest BCUT2D eigenvalue weighted by Gasteiger charge is 2.27. The van der Waals surface area contributed by atoms with Crippen molar-refractivity contribution in [1.82, 2.24) is 10.2 Å². The number of carbonyl (C=O) groups excluding carboxylic acids is 1. The summed E-state index contributed by atoms with van der Waals surface area (Å²) in [5.41, 5.74) is 3.66. The van der Waals surface area contributed by atoms with Crippen molar-refractivity contribution in [3.8, 4) is 0 Å². The molecule has 1 aliphatic heterocycles. The van der Waals surface area contributed by atoms with Gasteiger partial charge in [0.1, 0.15) is 0 Å². The second-order valence-corrected chi connectivity index (χ2v) is 9.41. The van der Waals surface area contributed by atoms with Gasteiger partial charge >= 0.3 is 6.03 Å². The molecule has 0 spiro atoms. The number of urea groups is 1. The maximum absolute atomic E-state index is 12.0. The van der Waals surface area contributed by atoms with Crippen LogP contribution in [0, 0.1) is 0 Å². The predicted molar refractivity (Wildman–Crippen MR) is 122 cm³/mol. The van der Waals surface area contributed by atoms with Crippen LogP contribution < -0.4 is 10.6 Å². The van der Waals surface area contributed by atoms with Gasteiger partial charge in [0.25, 0.3) is 10.1 Å². The Hall–Kier alpha value is -1.55. The molecule has 3 N–H and O–H groups in total. The summed E-state index contributed by atoms with van der Waals surface area (Å²) in [6.07, 6.45) is 0. The number of nitrogens with one attached hydrogen (secondary N) is 2. The molecule has 30 heavy (non-hydrogen) atoms. The topological polar surface area (TPSA) is 98.7 Å². The molecule has 7 nitrogen and oxygen atoms in total. The number of amides is 2. The maximum Gasteiger partial charge on any atom is 0.319 e. The van der Waals surface area contributed by atoms with E-state index in [-0.39, 0.29) is 24.9 Å². The molecule has 0 bridgehead atoms. The first-order chi connectivity index (χ1) is 13.6. The highest BCUT2D eigenvalue weighted by molar-refractivity contribution is 7.85. The first kappa shape index (κ1) is 24.7. The molecule has 0 saturated carbocycles. The highest BCUT2D eigenvalue weighted by Crippen LogP contribution is 2.38. The molecule has 0 radical (unpaired) electrons. The van der Waals surface area contributed by atoms with E-state index in [9.17, 15) is 13.2 Å². The van der Waals surface area contributed by atoms with Gasteiger partial charge in [0.15, 0.2) is 0 Å². The second-order valence-electron chi connectivity index (χ2n) is 7.00. The minimum atomic E-state index is -4.12. The summed E-state index contributed by atoms with van der Waals surface area (Å²) in [5, 5.41) is 6.28. The molecule has 0 aliphatic carbocycles. The summed E-state index contributed by atoms with van der Waals surface area (Å²) in [4.78, 5) is 14.2. The third kappa shape index (κ3) is 6.47. The standard InChI is InChI=1S/C19H21Cl2N3O4S.ClH/c1-24-10-16(15-8-13(20)9-18(21)17(15)11-24)12-3-2-4-14(7-12)23-19(25)22-5-6-29(26,27)28;/h2-4,7-9,16H,5-6,10-11H2,1H3,(H2,22,23,25)(H,26,27,28);1H. The fourth-order valence-electron chi connectivity index (χ4n) is 3.43. The lowest BCUT2D eigenvalue weighted by Crippen LogP contribution is -2.33. The lowest BCUT2D eigenvalue weighted by Gasteiger charge is -2.33. The number of carbonyl (C=O) groups is 1. The summed E-state index contributed by atoms with van der Waals surface area (Å²) in [6, 6.07) is 10.5. The van der Waals surface area contributed by atoms with E-state index in [0.717, 1.165) is 29.8 Å². The SMILES string of the molecule is CN1Cc2c(Cl)cc(Cl)cc2C(c2cccc(NC(=O)NCCS(=O)(=O)O)c2)C1.Cl. The van der Waals surface area contributed by atoms with Gasteiger partial charge in [-0.1, -0.05) is 35.3 Å². The number of nitrogens with zero attached hydrogens (tertiary/aromatic N) is 1. The molecular weight excluding hydrogens is 473 g/mol. The van der Waals surface area contributed by atoms with E-state index >= 15 is 0 Å². The fourth-order valence-corrected chi connectivity index (χ4v) is 4.36.